The summed E-state index contributed by atoms with van der Waals surface area (Å²) in [5.74, 6) is -1.29. The molecule has 0 bridgehead atoms. The van der Waals surface area contributed by atoms with Crippen LogP contribution in [0, 0.1) is 11.7 Å². The Kier molecular flexibility index (Phi) is 7.97. The minimum atomic E-state index is -1.00. The Bertz CT molecular complexity index is 1040. The summed E-state index contributed by atoms with van der Waals surface area (Å²) in [7, 11) is 2.16. The van der Waals surface area contributed by atoms with Crippen LogP contribution >= 0.6 is 0 Å². The van der Waals surface area contributed by atoms with E-state index in [2.05, 4.69) is 21.7 Å². The van der Waals surface area contributed by atoms with Crippen LogP contribution in [0.15, 0.2) is 36.4 Å². The molecule has 0 spiro atoms. The Hall–Kier alpha value is -3.04. The Balaban J connectivity index is 1.36. The van der Waals surface area contributed by atoms with E-state index in [9.17, 15) is 19.1 Å². The number of piperazine rings is 1. The second-order valence-electron chi connectivity index (χ2n) is 9.46. The number of pyridine rings is 1. The summed E-state index contributed by atoms with van der Waals surface area (Å²) in [6.45, 7) is 8.83. The molecule has 188 valence electrons. The summed E-state index contributed by atoms with van der Waals surface area (Å²) in [5.41, 5.74) is 0.971. The number of hydrogen-bond acceptors (Lipinski definition) is 7. The molecule has 2 aliphatic rings. The minimum Gasteiger partial charge on any atom is -0.508 e. The summed E-state index contributed by atoms with van der Waals surface area (Å²) < 4.78 is 14.1. The normalized spacial score (nSPS) is 18.2. The maximum absolute atomic E-state index is 14.1. The highest BCUT2D eigenvalue weighted by molar-refractivity contribution is 5.92. The Morgan fingerprint density at radius 3 is 2.63 bits per heavy atom. The molecule has 2 saturated heterocycles. The number of aldehydes is 1. The summed E-state index contributed by atoms with van der Waals surface area (Å²) in [5, 5.41) is 9.40. The minimum absolute atomic E-state index is 0.0557. The maximum Gasteiger partial charge on any atom is 0.233 e. The third-order valence-electron chi connectivity index (χ3n) is 7.04. The fourth-order valence-electron chi connectivity index (χ4n) is 4.70. The van der Waals surface area contributed by atoms with Gasteiger partial charge in [-0.3, -0.25) is 9.69 Å². The zero-order chi connectivity index (χ0) is 24.9. The molecule has 0 radical (unpaired) electrons. The molecule has 0 saturated carbocycles. The number of phenols is 1. The van der Waals surface area contributed by atoms with E-state index in [-0.39, 0.29) is 30.2 Å². The van der Waals surface area contributed by atoms with Gasteiger partial charge in [0.15, 0.2) is 0 Å². The van der Waals surface area contributed by atoms with Gasteiger partial charge in [-0.15, -0.1) is 0 Å². The van der Waals surface area contributed by atoms with Crippen molar-refractivity contribution in [2.75, 3.05) is 57.8 Å². The molecule has 1 aromatic heterocycles. The van der Waals surface area contributed by atoms with Gasteiger partial charge in [0.1, 0.15) is 23.7 Å². The maximum atomic E-state index is 14.1. The van der Waals surface area contributed by atoms with Crippen molar-refractivity contribution < 1.29 is 19.1 Å². The molecule has 1 aromatic carbocycles. The van der Waals surface area contributed by atoms with E-state index in [0.29, 0.717) is 18.9 Å². The van der Waals surface area contributed by atoms with Crippen LogP contribution < -0.4 is 4.90 Å². The summed E-state index contributed by atoms with van der Waals surface area (Å²) in [6, 6.07) is 10.1. The first kappa shape index (κ1) is 25.1. The Morgan fingerprint density at radius 1 is 1.23 bits per heavy atom. The van der Waals surface area contributed by atoms with E-state index in [1.165, 1.54) is 12.1 Å². The molecular formula is C26H34FN5O3. The number of hydrogen-bond donors (Lipinski definition) is 1. The average molecular weight is 484 g/mol. The molecule has 9 heteroatoms. The SMILES string of the molecule is CCN(Cc1cccc(N2CC(N3CCN(C)CC3)C2)n1)C(=O)C(C=O)Cc1ccc(O)cc1F. The lowest BCUT2D eigenvalue weighted by Gasteiger charge is -2.48. The van der Waals surface area contributed by atoms with Crippen LogP contribution in [0.4, 0.5) is 10.2 Å². The van der Waals surface area contributed by atoms with Crippen molar-refractivity contribution in [3.05, 3.63) is 53.5 Å². The number of halogens is 1. The fraction of sp³-hybridized carbons (Fsp3) is 0.500. The van der Waals surface area contributed by atoms with Gasteiger partial charge in [0.05, 0.1) is 18.2 Å². The molecule has 2 aromatic rings. The van der Waals surface area contributed by atoms with Crippen LogP contribution in [0.5, 0.6) is 5.75 Å². The third-order valence-corrected chi connectivity index (χ3v) is 7.04. The van der Waals surface area contributed by atoms with Gasteiger partial charge in [0, 0.05) is 57.9 Å². The molecule has 2 aliphatic heterocycles. The lowest BCUT2D eigenvalue weighted by molar-refractivity contribution is -0.138. The van der Waals surface area contributed by atoms with Gasteiger partial charge < -0.3 is 24.6 Å². The molecular weight excluding hydrogens is 449 g/mol. The van der Waals surface area contributed by atoms with Crippen molar-refractivity contribution in [1.82, 2.24) is 19.7 Å². The number of likely N-dealkylation sites (N-methyl/N-ethyl adjacent to an activating group) is 1. The number of nitrogens with zero attached hydrogens (tertiary/aromatic N) is 5. The number of carbonyl (C=O) groups is 2. The van der Waals surface area contributed by atoms with Crippen LogP contribution in [0.2, 0.25) is 0 Å². The van der Waals surface area contributed by atoms with E-state index >= 15 is 0 Å². The van der Waals surface area contributed by atoms with Gasteiger partial charge in [0.2, 0.25) is 5.91 Å². The van der Waals surface area contributed by atoms with Gasteiger partial charge in [-0.2, -0.15) is 0 Å². The highest BCUT2D eigenvalue weighted by Crippen LogP contribution is 2.24. The van der Waals surface area contributed by atoms with Gasteiger partial charge in [0.25, 0.3) is 0 Å². The average Bonchev–Trinajstić information content (AvgIpc) is 2.82. The zero-order valence-corrected chi connectivity index (χ0v) is 20.4. The number of rotatable bonds is 9. The number of anilines is 1. The van der Waals surface area contributed by atoms with E-state index in [1.807, 2.05) is 25.1 Å². The largest absolute Gasteiger partial charge is 0.508 e. The highest BCUT2D eigenvalue weighted by atomic mass is 19.1. The van der Waals surface area contributed by atoms with Crippen LogP contribution in [0.3, 0.4) is 0 Å². The zero-order valence-electron chi connectivity index (χ0n) is 20.4. The van der Waals surface area contributed by atoms with Crippen molar-refractivity contribution >= 4 is 18.0 Å². The third kappa shape index (κ3) is 5.97. The second-order valence-corrected chi connectivity index (χ2v) is 9.46. The highest BCUT2D eigenvalue weighted by Gasteiger charge is 2.34. The first-order valence-corrected chi connectivity index (χ1v) is 12.2. The number of aromatic nitrogens is 1. The molecule has 35 heavy (non-hydrogen) atoms. The first-order valence-electron chi connectivity index (χ1n) is 12.2. The molecule has 3 heterocycles. The second kappa shape index (κ2) is 11.1. The van der Waals surface area contributed by atoms with Gasteiger partial charge in [-0.25, -0.2) is 9.37 Å². The molecule has 4 rings (SSSR count). The van der Waals surface area contributed by atoms with Crippen molar-refractivity contribution in [3.63, 3.8) is 0 Å². The summed E-state index contributed by atoms with van der Waals surface area (Å²) in [6.07, 6.45) is 0.513. The summed E-state index contributed by atoms with van der Waals surface area (Å²) >= 11 is 0. The molecule has 8 nitrogen and oxygen atoms in total. The molecule has 0 aliphatic carbocycles. The summed E-state index contributed by atoms with van der Waals surface area (Å²) in [4.78, 5) is 38.3. The monoisotopic (exact) mass is 483 g/mol. The van der Waals surface area contributed by atoms with Gasteiger partial charge in [-0.1, -0.05) is 12.1 Å². The smallest absolute Gasteiger partial charge is 0.233 e. The molecule has 2 fully saturated rings. The molecule has 1 unspecified atom stereocenters. The van der Waals surface area contributed by atoms with Crippen LogP contribution in [-0.2, 0) is 22.6 Å². The van der Waals surface area contributed by atoms with Crippen LogP contribution in [0.1, 0.15) is 18.2 Å². The number of aromatic hydroxyl groups is 1. The molecule has 1 amide bonds. The van der Waals surface area contributed by atoms with E-state index < -0.39 is 11.7 Å². The van der Waals surface area contributed by atoms with Crippen LogP contribution in [0.25, 0.3) is 0 Å². The molecule has 1 N–H and O–H groups in total. The lowest BCUT2D eigenvalue weighted by atomic mass is 9.98. The van der Waals surface area contributed by atoms with Crippen molar-refractivity contribution in [2.45, 2.75) is 25.9 Å². The number of benzene rings is 1. The van der Waals surface area contributed by atoms with Crippen LogP contribution in [-0.4, -0.2) is 95.9 Å². The fourth-order valence-corrected chi connectivity index (χ4v) is 4.70. The standard InChI is InChI=1S/C26H34FN5O3/c1-3-30(26(35)20(18-33)13-19-7-8-23(34)14-24(19)27)15-21-5-4-6-25(28-21)32-16-22(17-32)31-11-9-29(2)10-12-31/h4-8,14,18,20,22,34H,3,9-13,15-17H2,1-2H3. The number of amides is 1. The number of phenolic OH excluding ortho intramolecular Hbond substituents is 1. The first-order chi connectivity index (χ1) is 16.9. The lowest BCUT2D eigenvalue weighted by Crippen LogP contribution is -2.63. The topological polar surface area (TPSA) is 80.2 Å². The predicted octanol–water partition coefficient (Wildman–Crippen LogP) is 1.77. The van der Waals surface area contributed by atoms with Gasteiger partial charge in [-0.05, 0) is 44.2 Å². The predicted molar refractivity (Wildman–Crippen MR) is 132 cm³/mol. The van der Waals surface area contributed by atoms with Gasteiger partial charge >= 0.3 is 0 Å². The van der Waals surface area contributed by atoms with E-state index in [4.69, 9.17) is 4.98 Å². The van der Waals surface area contributed by atoms with E-state index in [1.54, 1.807) is 4.90 Å². The van der Waals surface area contributed by atoms with Crippen molar-refractivity contribution in [2.24, 2.45) is 5.92 Å². The quantitative estimate of drug-likeness (QED) is 0.430. The van der Waals surface area contributed by atoms with E-state index in [0.717, 1.165) is 56.8 Å². The van der Waals surface area contributed by atoms with Crippen molar-refractivity contribution in [3.8, 4) is 5.75 Å². The van der Waals surface area contributed by atoms with Crippen molar-refractivity contribution in [1.29, 1.82) is 0 Å². The number of carbonyl (C=O) groups excluding carboxylic acids is 2. The molecule has 1 atom stereocenters. The Labute approximate surface area is 205 Å². The Morgan fingerprint density at radius 2 is 1.97 bits per heavy atom.